The van der Waals surface area contributed by atoms with Crippen molar-refractivity contribution >= 4 is 22.6 Å². The number of likely N-dealkylation sites (N-methyl/N-ethyl adjacent to an activating group) is 1. The third kappa shape index (κ3) is 2.24. The molecule has 5 nitrogen and oxygen atoms in total. The first-order chi connectivity index (χ1) is 11.7. The number of hydrogen-bond donors (Lipinski definition) is 0. The Labute approximate surface area is 139 Å². The van der Waals surface area contributed by atoms with Crippen LogP contribution in [0, 0.1) is 0 Å². The lowest BCUT2D eigenvalue weighted by Crippen LogP contribution is -2.34. The van der Waals surface area contributed by atoms with Crippen LogP contribution in [-0.2, 0) is 24.3 Å². The van der Waals surface area contributed by atoms with Crippen molar-refractivity contribution in [1.82, 2.24) is 9.13 Å². The van der Waals surface area contributed by atoms with Crippen molar-refractivity contribution in [2.75, 3.05) is 11.9 Å². The molecule has 2 heterocycles. The number of hydrogen-bond acceptors (Lipinski definition) is 2. The lowest BCUT2D eigenvalue weighted by molar-refractivity contribution is -0.118. The average Bonchev–Trinajstić information content (AvgIpc) is 2.90. The van der Waals surface area contributed by atoms with Crippen molar-refractivity contribution < 1.29 is 4.79 Å². The summed E-state index contributed by atoms with van der Waals surface area (Å²) in [5.41, 5.74) is 3.77. The van der Waals surface area contributed by atoms with E-state index in [2.05, 4.69) is 6.07 Å². The Morgan fingerprint density at radius 3 is 2.71 bits per heavy atom. The van der Waals surface area contributed by atoms with Crippen LogP contribution in [-0.4, -0.2) is 22.1 Å². The smallest absolute Gasteiger partial charge is 0.314 e. The van der Waals surface area contributed by atoms with E-state index in [0.29, 0.717) is 0 Å². The Hall–Kier alpha value is -2.82. The van der Waals surface area contributed by atoms with E-state index in [9.17, 15) is 9.59 Å². The summed E-state index contributed by atoms with van der Waals surface area (Å²) in [6.45, 7) is 0.777. The van der Waals surface area contributed by atoms with Gasteiger partial charge in [-0.15, -0.1) is 0 Å². The zero-order valence-corrected chi connectivity index (χ0v) is 13.6. The SMILES string of the molecule is CN(C(=O)Cn1c(=O)n2c3c(cccc31)CCC2)c1ccccc1. The average molecular weight is 321 g/mol. The van der Waals surface area contributed by atoms with Gasteiger partial charge in [-0.05, 0) is 36.6 Å². The topological polar surface area (TPSA) is 47.2 Å². The Morgan fingerprint density at radius 1 is 1.12 bits per heavy atom. The fourth-order valence-electron chi connectivity index (χ4n) is 3.48. The molecule has 0 saturated carbocycles. The number of carbonyl (C=O) groups is 1. The maximum atomic E-state index is 12.8. The molecule has 1 aliphatic rings. The van der Waals surface area contributed by atoms with E-state index in [1.165, 1.54) is 5.56 Å². The number of rotatable bonds is 3. The number of aryl methyl sites for hydroxylation is 2. The van der Waals surface area contributed by atoms with Gasteiger partial charge in [0, 0.05) is 19.3 Å². The first-order valence-electron chi connectivity index (χ1n) is 8.19. The minimum Gasteiger partial charge on any atom is -0.314 e. The van der Waals surface area contributed by atoms with E-state index in [0.717, 1.165) is 36.1 Å². The molecular formula is C19H19N3O2. The number of carbonyl (C=O) groups excluding carboxylic acids is 1. The summed E-state index contributed by atoms with van der Waals surface area (Å²) in [5, 5.41) is 0. The van der Waals surface area contributed by atoms with Crippen LogP contribution >= 0.6 is 0 Å². The minimum atomic E-state index is -0.105. The Morgan fingerprint density at radius 2 is 1.92 bits per heavy atom. The molecule has 5 heteroatoms. The zero-order chi connectivity index (χ0) is 16.7. The molecular weight excluding hydrogens is 302 g/mol. The molecule has 0 unspecified atom stereocenters. The highest BCUT2D eigenvalue weighted by Gasteiger charge is 2.21. The van der Waals surface area contributed by atoms with Crippen molar-refractivity contribution in [2.24, 2.45) is 0 Å². The van der Waals surface area contributed by atoms with Crippen molar-refractivity contribution in [3.05, 3.63) is 64.6 Å². The van der Waals surface area contributed by atoms with Crippen molar-refractivity contribution in [2.45, 2.75) is 25.9 Å². The Balaban J connectivity index is 1.73. The molecule has 3 aromatic rings. The van der Waals surface area contributed by atoms with E-state index in [1.807, 2.05) is 47.0 Å². The number of amides is 1. The fraction of sp³-hybridized carbons (Fsp3) is 0.263. The lowest BCUT2D eigenvalue weighted by Gasteiger charge is -2.17. The number of benzene rings is 2. The van der Waals surface area contributed by atoms with E-state index in [-0.39, 0.29) is 18.1 Å². The Kier molecular flexibility index (Phi) is 3.49. The summed E-state index contributed by atoms with van der Waals surface area (Å²) >= 11 is 0. The Bertz CT molecular complexity index is 969. The number of aromatic nitrogens is 2. The molecule has 0 radical (unpaired) electrons. The molecule has 1 aromatic heterocycles. The number of imidazole rings is 1. The van der Waals surface area contributed by atoms with Gasteiger partial charge >= 0.3 is 5.69 Å². The van der Waals surface area contributed by atoms with Gasteiger partial charge in [0.2, 0.25) is 5.91 Å². The van der Waals surface area contributed by atoms with Gasteiger partial charge in [-0.2, -0.15) is 0 Å². The van der Waals surface area contributed by atoms with Crippen LogP contribution in [0.4, 0.5) is 5.69 Å². The summed E-state index contributed by atoms with van der Waals surface area (Å²) in [6, 6.07) is 15.4. The summed E-state index contributed by atoms with van der Waals surface area (Å²) in [7, 11) is 1.74. The molecule has 0 bridgehead atoms. The van der Waals surface area contributed by atoms with Gasteiger partial charge in [0.1, 0.15) is 6.54 Å². The summed E-state index contributed by atoms with van der Waals surface area (Å²) in [5.74, 6) is -0.105. The highest BCUT2D eigenvalue weighted by molar-refractivity contribution is 5.93. The van der Waals surface area contributed by atoms with E-state index >= 15 is 0 Å². The van der Waals surface area contributed by atoms with E-state index in [4.69, 9.17) is 0 Å². The van der Waals surface area contributed by atoms with Gasteiger partial charge in [0.05, 0.1) is 11.0 Å². The third-order valence-corrected chi connectivity index (χ3v) is 4.76. The predicted octanol–water partition coefficient (Wildman–Crippen LogP) is 2.41. The van der Waals surface area contributed by atoms with Crippen molar-refractivity contribution in [3.8, 4) is 0 Å². The minimum absolute atomic E-state index is 0.0528. The second-order valence-corrected chi connectivity index (χ2v) is 6.20. The molecule has 0 fully saturated rings. The molecule has 0 atom stereocenters. The molecule has 0 aliphatic carbocycles. The number of anilines is 1. The van der Waals surface area contributed by atoms with Crippen LogP contribution in [0.5, 0.6) is 0 Å². The molecule has 0 saturated heterocycles. The second-order valence-electron chi connectivity index (χ2n) is 6.20. The molecule has 2 aromatic carbocycles. The number of nitrogens with zero attached hydrogens (tertiary/aromatic N) is 3. The molecule has 0 N–H and O–H groups in total. The standard InChI is InChI=1S/C19H19N3O2/c1-20(15-9-3-2-4-10-15)17(23)13-22-16-11-5-7-14-8-6-12-21(18(14)16)19(22)24/h2-5,7,9-11H,6,8,12-13H2,1H3. The first-order valence-corrected chi connectivity index (χ1v) is 8.19. The summed E-state index contributed by atoms with van der Waals surface area (Å²) in [6.07, 6.45) is 1.95. The quantitative estimate of drug-likeness (QED) is 0.744. The van der Waals surface area contributed by atoms with Crippen LogP contribution in [0.25, 0.3) is 11.0 Å². The zero-order valence-electron chi connectivity index (χ0n) is 13.6. The number of para-hydroxylation sites is 2. The second kappa shape index (κ2) is 5.67. The van der Waals surface area contributed by atoms with Gasteiger partial charge in [0.25, 0.3) is 0 Å². The van der Waals surface area contributed by atoms with Crippen LogP contribution in [0.15, 0.2) is 53.3 Å². The monoisotopic (exact) mass is 321 g/mol. The fourth-order valence-corrected chi connectivity index (χ4v) is 3.48. The largest absolute Gasteiger partial charge is 0.329 e. The van der Waals surface area contributed by atoms with Gasteiger partial charge < -0.3 is 4.90 Å². The molecule has 24 heavy (non-hydrogen) atoms. The highest BCUT2D eigenvalue weighted by Crippen LogP contribution is 2.24. The van der Waals surface area contributed by atoms with E-state index in [1.54, 1.807) is 16.5 Å². The molecule has 1 aliphatic heterocycles. The summed E-state index contributed by atoms with van der Waals surface area (Å²) < 4.78 is 3.41. The summed E-state index contributed by atoms with van der Waals surface area (Å²) in [4.78, 5) is 27.0. The maximum absolute atomic E-state index is 12.8. The molecule has 4 rings (SSSR count). The predicted molar refractivity (Wildman–Crippen MR) is 94.4 cm³/mol. The van der Waals surface area contributed by atoms with Gasteiger partial charge in [-0.25, -0.2) is 4.79 Å². The van der Waals surface area contributed by atoms with Crippen LogP contribution < -0.4 is 10.6 Å². The van der Waals surface area contributed by atoms with Crippen LogP contribution in [0.3, 0.4) is 0 Å². The normalized spacial score (nSPS) is 13.2. The van der Waals surface area contributed by atoms with Gasteiger partial charge in [-0.3, -0.25) is 13.9 Å². The maximum Gasteiger partial charge on any atom is 0.329 e. The lowest BCUT2D eigenvalue weighted by atomic mass is 10.0. The van der Waals surface area contributed by atoms with Crippen molar-refractivity contribution in [3.63, 3.8) is 0 Å². The molecule has 0 spiro atoms. The van der Waals surface area contributed by atoms with Crippen molar-refractivity contribution in [1.29, 1.82) is 0 Å². The third-order valence-electron chi connectivity index (χ3n) is 4.76. The van der Waals surface area contributed by atoms with Gasteiger partial charge in [-0.1, -0.05) is 30.3 Å². The highest BCUT2D eigenvalue weighted by atomic mass is 16.2. The molecule has 1 amide bonds. The van der Waals surface area contributed by atoms with Crippen LogP contribution in [0.2, 0.25) is 0 Å². The van der Waals surface area contributed by atoms with E-state index < -0.39 is 0 Å². The van der Waals surface area contributed by atoms with Gasteiger partial charge in [0.15, 0.2) is 0 Å². The first kappa shape index (κ1) is 14.8. The van der Waals surface area contributed by atoms with Crippen LogP contribution in [0.1, 0.15) is 12.0 Å². The molecule has 122 valence electrons.